The van der Waals surface area contributed by atoms with Crippen LogP contribution in [0.25, 0.3) is 0 Å². The Bertz CT molecular complexity index is 1010. The Kier molecular flexibility index (Phi) is 9.51. The maximum absolute atomic E-state index is 5.84. The summed E-state index contributed by atoms with van der Waals surface area (Å²) >= 11 is 5.80. The first-order valence-corrected chi connectivity index (χ1v) is 11.9. The van der Waals surface area contributed by atoms with Crippen molar-refractivity contribution in [2.24, 2.45) is 0 Å². The van der Waals surface area contributed by atoms with Crippen molar-refractivity contribution in [1.29, 1.82) is 0 Å². The van der Waals surface area contributed by atoms with E-state index in [4.69, 9.17) is 21.7 Å². The fourth-order valence-corrected chi connectivity index (χ4v) is 3.76. The second kappa shape index (κ2) is 12.8. The fourth-order valence-electron chi connectivity index (χ4n) is 3.53. The smallest absolute Gasteiger partial charge is 0.169 e. The number of aryl methyl sites for hydroxylation is 1. The van der Waals surface area contributed by atoms with Gasteiger partial charge in [-0.2, -0.15) is 0 Å². The number of hydrogen-bond donors (Lipinski definition) is 1. The van der Waals surface area contributed by atoms with Crippen LogP contribution in [0.3, 0.4) is 0 Å². The standard InChI is InChI=1S/C27H33N3O2S/c1-4-31-25-13-12-24(26(17-25)32-5-2)14-16-29-27(33)30(20-23-7-6-15-28-18-23)19-22-10-8-21(3)9-11-22/h6-13,15,17-18H,4-5,14,16,19-20H2,1-3H3,(H,29,33). The van der Waals surface area contributed by atoms with Gasteiger partial charge in [-0.05, 0) is 68.2 Å². The van der Waals surface area contributed by atoms with Crippen LogP contribution in [0.5, 0.6) is 11.5 Å². The minimum absolute atomic E-state index is 0.615. The van der Waals surface area contributed by atoms with Crippen molar-refractivity contribution < 1.29 is 9.47 Å². The first-order valence-electron chi connectivity index (χ1n) is 11.4. The van der Waals surface area contributed by atoms with Crippen molar-refractivity contribution in [2.75, 3.05) is 19.8 Å². The zero-order chi connectivity index (χ0) is 23.5. The predicted molar refractivity (Wildman–Crippen MR) is 138 cm³/mol. The average molecular weight is 464 g/mol. The van der Waals surface area contributed by atoms with Crippen molar-refractivity contribution >= 4 is 17.3 Å². The highest BCUT2D eigenvalue weighted by molar-refractivity contribution is 7.80. The maximum atomic E-state index is 5.84. The van der Waals surface area contributed by atoms with Crippen molar-refractivity contribution in [3.05, 3.63) is 89.2 Å². The van der Waals surface area contributed by atoms with Gasteiger partial charge in [0.05, 0.1) is 13.2 Å². The van der Waals surface area contributed by atoms with Crippen LogP contribution in [0.4, 0.5) is 0 Å². The summed E-state index contributed by atoms with van der Waals surface area (Å²) in [6.07, 6.45) is 4.48. The number of benzene rings is 2. The SMILES string of the molecule is CCOc1ccc(CCNC(=S)N(Cc2ccc(C)cc2)Cc2cccnc2)c(OCC)c1. The molecule has 6 heteroatoms. The summed E-state index contributed by atoms with van der Waals surface area (Å²) in [4.78, 5) is 6.43. The predicted octanol–water partition coefficient (Wildman–Crippen LogP) is 5.31. The molecule has 0 unspecified atom stereocenters. The van der Waals surface area contributed by atoms with Gasteiger partial charge in [-0.1, -0.05) is 42.0 Å². The Labute approximate surface area is 202 Å². The summed E-state index contributed by atoms with van der Waals surface area (Å²) in [6.45, 7) is 9.46. The highest BCUT2D eigenvalue weighted by atomic mass is 32.1. The van der Waals surface area contributed by atoms with Gasteiger partial charge < -0.3 is 19.7 Å². The molecule has 0 aliphatic rings. The second-order valence-electron chi connectivity index (χ2n) is 7.82. The quantitative estimate of drug-likeness (QED) is 0.389. The third kappa shape index (κ3) is 7.75. The number of hydrogen-bond acceptors (Lipinski definition) is 4. The molecule has 3 rings (SSSR count). The van der Waals surface area contributed by atoms with Gasteiger partial charge in [0.15, 0.2) is 5.11 Å². The molecule has 2 aromatic carbocycles. The lowest BCUT2D eigenvalue weighted by molar-refractivity contribution is 0.320. The summed E-state index contributed by atoms with van der Waals surface area (Å²) in [5, 5.41) is 4.17. The summed E-state index contributed by atoms with van der Waals surface area (Å²) in [5.41, 5.74) is 4.73. The van der Waals surface area contributed by atoms with E-state index in [1.54, 1.807) is 6.20 Å². The summed E-state index contributed by atoms with van der Waals surface area (Å²) < 4.78 is 11.5. The Balaban J connectivity index is 1.65. The van der Waals surface area contributed by atoms with Crippen LogP contribution in [0.2, 0.25) is 0 Å². The van der Waals surface area contributed by atoms with E-state index in [0.29, 0.717) is 26.3 Å². The number of aromatic nitrogens is 1. The minimum Gasteiger partial charge on any atom is -0.494 e. The Morgan fingerprint density at radius 2 is 1.73 bits per heavy atom. The van der Waals surface area contributed by atoms with E-state index in [-0.39, 0.29) is 0 Å². The van der Waals surface area contributed by atoms with E-state index in [1.165, 1.54) is 11.1 Å². The van der Waals surface area contributed by atoms with Gasteiger partial charge in [-0.3, -0.25) is 4.98 Å². The molecule has 0 aliphatic carbocycles. The topological polar surface area (TPSA) is 46.6 Å². The lowest BCUT2D eigenvalue weighted by Gasteiger charge is -2.26. The molecule has 5 nitrogen and oxygen atoms in total. The molecule has 0 saturated carbocycles. The summed E-state index contributed by atoms with van der Waals surface area (Å²) in [6, 6.07) is 18.6. The molecule has 3 aromatic rings. The van der Waals surface area contributed by atoms with Crippen molar-refractivity contribution in [3.63, 3.8) is 0 Å². The van der Waals surface area contributed by atoms with Gasteiger partial charge in [-0.15, -0.1) is 0 Å². The van der Waals surface area contributed by atoms with Crippen molar-refractivity contribution in [3.8, 4) is 11.5 Å². The van der Waals surface area contributed by atoms with Gasteiger partial charge in [-0.25, -0.2) is 0 Å². The Hall–Kier alpha value is -3.12. The molecule has 1 N–H and O–H groups in total. The van der Waals surface area contributed by atoms with Crippen LogP contribution in [0, 0.1) is 6.92 Å². The minimum atomic E-state index is 0.615. The molecule has 0 spiro atoms. The first kappa shape index (κ1) is 24.5. The zero-order valence-corrected chi connectivity index (χ0v) is 20.5. The molecule has 1 aromatic heterocycles. The van der Waals surface area contributed by atoms with Crippen LogP contribution in [-0.4, -0.2) is 34.8 Å². The molecule has 174 valence electrons. The van der Waals surface area contributed by atoms with E-state index in [1.807, 2.05) is 38.2 Å². The number of ether oxygens (including phenoxy) is 2. The lowest BCUT2D eigenvalue weighted by Crippen LogP contribution is -2.39. The van der Waals surface area contributed by atoms with Crippen LogP contribution in [0.1, 0.15) is 36.1 Å². The van der Waals surface area contributed by atoms with Crippen molar-refractivity contribution in [2.45, 2.75) is 40.3 Å². The third-order valence-corrected chi connectivity index (χ3v) is 5.60. The molecule has 0 bridgehead atoms. The molecular formula is C27H33N3O2S. The molecule has 0 atom stereocenters. The van der Waals surface area contributed by atoms with E-state index in [0.717, 1.165) is 40.7 Å². The highest BCUT2D eigenvalue weighted by Crippen LogP contribution is 2.25. The first-order chi connectivity index (χ1) is 16.1. The van der Waals surface area contributed by atoms with Crippen LogP contribution in [-0.2, 0) is 19.5 Å². The molecule has 33 heavy (non-hydrogen) atoms. The summed E-state index contributed by atoms with van der Waals surface area (Å²) in [7, 11) is 0. The highest BCUT2D eigenvalue weighted by Gasteiger charge is 2.12. The molecule has 0 fully saturated rings. The third-order valence-electron chi connectivity index (χ3n) is 5.20. The zero-order valence-electron chi connectivity index (χ0n) is 19.7. The van der Waals surface area contributed by atoms with Gasteiger partial charge in [0.25, 0.3) is 0 Å². The second-order valence-corrected chi connectivity index (χ2v) is 8.21. The molecule has 0 saturated heterocycles. The van der Waals surface area contributed by atoms with E-state index in [2.05, 4.69) is 58.5 Å². The van der Waals surface area contributed by atoms with Gasteiger partial charge in [0.1, 0.15) is 11.5 Å². The molecule has 1 heterocycles. The van der Waals surface area contributed by atoms with Crippen LogP contribution < -0.4 is 14.8 Å². The van der Waals surface area contributed by atoms with E-state index < -0.39 is 0 Å². The lowest BCUT2D eigenvalue weighted by atomic mass is 10.1. The number of rotatable bonds is 11. The van der Waals surface area contributed by atoms with Crippen molar-refractivity contribution in [1.82, 2.24) is 15.2 Å². The van der Waals surface area contributed by atoms with E-state index >= 15 is 0 Å². The largest absolute Gasteiger partial charge is 0.494 e. The van der Waals surface area contributed by atoms with Crippen LogP contribution in [0.15, 0.2) is 67.0 Å². The molecule has 0 radical (unpaired) electrons. The number of nitrogens with zero attached hydrogens (tertiary/aromatic N) is 2. The molecular weight excluding hydrogens is 430 g/mol. The normalized spacial score (nSPS) is 10.5. The monoisotopic (exact) mass is 463 g/mol. The van der Waals surface area contributed by atoms with Gasteiger partial charge in [0, 0.05) is 38.1 Å². The number of nitrogens with one attached hydrogen (secondary N) is 1. The molecule has 0 amide bonds. The van der Waals surface area contributed by atoms with Gasteiger partial charge >= 0.3 is 0 Å². The number of thiocarbonyl (C=S) groups is 1. The maximum Gasteiger partial charge on any atom is 0.169 e. The molecule has 0 aliphatic heterocycles. The van der Waals surface area contributed by atoms with E-state index in [9.17, 15) is 0 Å². The van der Waals surface area contributed by atoms with Gasteiger partial charge in [0.2, 0.25) is 0 Å². The average Bonchev–Trinajstić information content (AvgIpc) is 2.82. The Morgan fingerprint density at radius 3 is 2.42 bits per heavy atom. The van der Waals surface area contributed by atoms with Crippen LogP contribution >= 0.6 is 12.2 Å². The fraction of sp³-hybridized carbons (Fsp3) is 0.333. The Morgan fingerprint density at radius 1 is 0.970 bits per heavy atom. The summed E-state index contributed by atoms with van der Waals surface area (Å²) in [5.74, 6) is 1.69. The number of pyridine rings is 1.